The number of carbonyl (C=O) groups is 1. The summed E-state index contributed by atoms with van der Waals surface area (Å²) in [6.45, 7) is 6.07. The Kier molecular flexibility index (Phi) is 8.90. The van der Waals surface area contributed by atoms with Gasteiger partial charge in [0.25, 0.3) is 5.91 Å². The SMILES string of the molecule is CCN[C@H](C)CNC(=O)c1cccc(OCc2ccccc2)c1.Cl. The highest BCUT2D eigenvalue weighted by molar-refractivity contribution is 5.94. The summed E-state index contributed by atoms with van der Waals surface area (Å²) < 4.78 is 5.75. The van der Waals surface area contributed by atoms with Crippen LogP contribution in [0, 0.1) is 0 Å². The van der Waals surface area contributed by atoms with Crippen LogP contribution in [0.4, 0.5) is 0 Å². The first-order chi connectivity index (χ1) is 11.2. The van der Waals surface area contributed by atoms with E-state index in [-0.39, 0.29) is 24.4 Å². The highest BCUT2D eigenvalue weighted by atomic mass is 35.5. The number of amides is 1. The number of nitrogens with one attached hydrogen (secondary N) is 2. The van der Waals surface area contributed by atoms with Crippen LogP contribution in [0.3, 0.4) is 0 Å². The molecule has 0 saturated carbocycles. The van der Waals surface area contributed by atoms with E-state index in [1.165, 1.54) is 0 Å². The minimum Gasteiger partial charge on any atom is -0.489 e. The fourth-order valence-electron chi connectivity index (χ4n) is 2.24. The lowest BCUT2D eigenvalue weighted by molar-refractivity contribution is 0.0949. The summed E-state index contributed by atoms with van der Waals surface area (Å²) >= 11 is 0. The van der Waals surface area contributed by atoms with Crippen LogP contribution in [-0.4, -0.2) is 25.0 Å². The van der Waals surface area contributed by atoms with Gasteiger partial charge in [-0.2, -0.15) is 0 Å². The molecule has 2 aromatic carbocycles. The van der Waals surface area contributed by atoms with Crippen molar-refractivity contribution < 1.29 is 9.53 Å². The molecule has 0 aliphatic rings. The second kappa shape index (κ2) is 10.7. The third-order valence-electron chi connectivity index (χ3n) is 3.47. The summed E-state index contributed by atoms with van der Waals surface area (Å²) in [5, 5.41) is 6.19. The van der Waals surface area contributed by atoms with Crippen molar-refractivity contribution in [2.75, 3.05) is 13.1 Å². The molecule has 24 heavy (non-hydrogen) atoms. The van der Waals surface area contributed by atoms with Gasteiger partial charge in [-0.25, -0.2) is 0 Å². The normalized spacial score (nSPS) is 11.2. The predicted molar refractivity (Wildman–Crippen MR) is 99.9 cm³/mol. The first-order valence-electron chi connectivity index (χ1n) is 7.97. The summed E-state index contributed by atoms with van der Waals surface area (Å²) in [6.07, 6.45) is 0. The number of rotatable bonds is 8. The molecule has 0 fully saturated rings. The molecule has 1 atom stereocenters. The largest absolute Gasteiger partial charge is 0.489 e. The Bertz CT molecular complexity index is 620. The Morgan fingerprint density at radius 3 is 2.58 bits per heavy atom. The van der Waals surface area contributed by atoms with Crippen molar-refractivity contribution in [2.24, 2.45) is 0 Å². The summed E-state index contributed by atoms with van der Waals surface area (Å²) in [6, 6.07) is 17.5. The zero-order chi connectivity index (χ0) is 16.5. The lowest BCUT2D eigenvalue weighted by Crippen LogP contribution is -2.38. The number of hydrogen-bond acceptors (Lipinski definition) is 3. The molecule has 0 unspecified atom stereocenters. The molecule has 2 aromatic rings. The van der Waals surface area contributed by atoms with Crippen LogP contribution in [0.25, 0.3) is 0 Å². The molecule has 1 amide bonds. The van der Waals surface area contributed by atoms with Crippen molar-refractivity contribution in [1.29, 1.82) is 0 Å². The first-order valence-corrected chi connectivity index (χ1v) is 7.97. The van der Waals surface area contributed by atoms with Crippen molar-refractivity contribution in [1.82, 2.24) is 10.6 Å². The Morgan fingerprint density at radius 1 is 1.12 bits per heavy atom. The third kappa shape index (κ3) is 6.60. The predicted octanol–water partition coefficient (Wildman–Crippen LogP) is 3.42. The van der Waals surface area contributed by atoms with Gasteiger partial charge in [0.2, 0.25) is 0 Å². The second-order valence-electron chi connectivity index (χ2n) is 5.47. The number of likely N-dealkylation sites (N-methyl/N-ethyl adjacent to an activating group) is 1. The van der Waals surface area contributed by atoms with E-state index in [9.17, 15) is 4.79 Å². The van der Waals surface area contributed by atoms with Crippen molar-refractivity contribution in [3.8, 4) is 5.75 Å². The Hall–Kier alpha value is -2.04. The van der Waals surface area contributed by atoms with Crippen molar-refractivity contribution in [3.63, 3.8) is 0 Å². The fourth-order valence-corrected chi connectivity index (χ4v) is 2.24. The van der Waals surface area contributed by atoms with Crippen LogP contribution in [0.2, 0.25) is 0 Å². The van der Waals surface area contributed by atoms with E-state index in [2.05, 4.69) is 10.6 Å². The average molecular weight is 349 g/mol. The average Bonchev–Trinajstić information content (AvgIpc) is 2.59. The highest BCUT2D eigenvalue weighted by Crippen LogP contribution is 2.15. The van der Waals surface area contributed by atoms with Crippen LogP contribution in [-0.2, 0) is 6.61 Å². The maximum absolute atomic E-state index is 12.2. The van der Waals surface area contributed by atoms with Crippen molar-refractivity contribution in [2.45, 2.75) is 26.5 Å². The minimum atomic E-state index is -0.0834. The van der Waals surface area contributed by atoms with Crippen LogP contribution in [0.1, 0.15) is 29.8 Å². The Balaban J connectivity index is 0.00000288. The van der Waals surface area contributed by atoms with E-state index in [0.29, 0.717) is 24.5 Å². The molecule has 0 radical (unpaired) electrons. The van der Waals surface area contributed by atoms with Crippen LogP contribution in [0.15, 0.2) is 54.6 Å². The lowest BCUT2D eigenvalue weighted by atomic mass is 10.2. The molecule has 0 aliphatic carbocycles. The third-order valence-corrected chi connectivity index (χ3v) is 3.47. The molecule has 0 bridgehead atoms. The standard InChI is InChI=1S/C19H24N2O2.ClH/c1-3-20-15(2)13-21-19(22)17-10-7-11-18(12-17)23-14-16-8-5-4-6-9-16;/h4-12,15,20H,3,13-14H2,1-2H3,(H,21,22);1H/t15-;/m1./s1. The zero-order valence-electron chi connectivity index (χ0n) is 14.1. The zero-order valence-corrected chi connectivity index (χ0v) is 14.9. The van der Waals surface area contributed by atoms with Gasteiger partial charge in [0.1, 0.15) is 12.4 Å². The second-order valence-corrected chi connectivity index (χ2v) is 5.47. The minimum absolute atomic E-state index is 0. The van der Waals surface area contributed by atoms with Gasteiger partial charge in [-0.15, -0.1) is 12.4 Å². The quantitative estimate of drug-likeness (QED) is 0.768. The molecule has 130 valence electrons. The van der Waals surface area contributed by atoms with E-state index in [1.54, 1.807) is 12.1 Å². The van der Waals surface area contributed by atoms with Crippen molar-refractivity contribution >= 4 is 18.3 Å². The summed E-state index contributed by atoms with van der Waals surface area (Å²) in [5.74, 6) is 0.612. The van der Waals surface area contributed by atoms with Gasteiger partial charge in [0.05, 0.1) is 0 Å². The topological polar surface area (TPSA) is 50.4 Å². The maximum Gasteiger partial charge on any atom is 0.251 e. The van der Waals surface area contributed by atoms with Gasteiger partial charge < -0.3 is 15.4 Å². The Morgan fingerprint density at radius 2 is 1.88 bits per heavy atom. The van der Waals surface area contributed by atoms with E-state index < -0.39 is 0 Å². The molecule has 5 heteroatoms. The van der Waals surface area contributed by atoms with Gasteiger partial charge in [0, 0.05) is 18.2 Å². The number of carbonyl (C=O) groups excluding carboxylic acids is 1. The van der Waals surface area contributed by atoms with Gasteiger partial charge in [-0.05, 0) is 37.2 Å². The molecule has 0 aliphatic heterocycles. The molecule has 0 saturated heterocycles. The number of ether oxygens (including phenoxy) is 1. The molecule has 2 rings (SSSR count). The summed E-state index contributed by atoms with van der Waals surface area (Å²) in [4.78, 5) is 12.2. The highest BCUT2D eigenvalue weighted by Gasteiger charge is 2.08. The van der Waals surface area contributed by atoms with Crippen LogP contribution >= 0.6 is 12.4 Å². The number of benzene rings is 2. The van der Waals surface area contributed by atoms with Gasteiger partial charge in [-0.1, -0.05) is 43.3 Å². The monoisotopic (exact) mass is 348 g/mol. The molecule has 4 nitrogen and oxygen atoms in total. The summed E-state index contributed by atoms with van der Waals surface area (Å²) in [5.41, 5.74) is 1.71. The van der Waals surface area contributed by atoms with Gasteiger partial charge in [-0.3, -0.25) is 4.79 Å². The van der Waals surface area contributed by atoms with Gasteiger partial charge >= 0.3 is 0 Å². The molecule has 0 aromatic heterocycles. The lowest BCUT2D eigenvalue weighted by Gasteiger charge is -2.13. The molecular formula is C19H25ClN2O2. The van der Waals surface area contributed by atoms with Crippen LogP contribution in [0.5, 0.6) is 5.75 Å². The molecular weight excluding hydrogens is 324 g/mol. The summed E-state index contributed by atoms with van der Waals surface area (Å²) in [7, 11) is 0. The van der Waals surface area contributed by atoms with E-state index in [4.69, 9.17) is 4.74 Å². The van der Waals surface area contributed by atoms with Crippen LogP contribution < -0.4 is 15.4 Å². The van der Waals surface area contributed by atoms with Crippen molar-refractivity contribution in [3.05, 3.63) is 65.7 Å². The number of hydrogen-bond donors (Lipinski definition) is 2. The van der Waals surface area contributed by atoms with E-state index >= 15 is 0 Å². The molecule has 0 heterocycles. The molecule has 2 N–H and O–H groups in total. The maximum atomic E-state index is 12.2. The molecule has 0 spiro atoms. The van der Waals surface area contributed by atoms with Gasteiger partial charge in [0.15, 0.2) is 0 Å². The smallest absolute Gasteiger partial charge is 0.251 e. The first kappa shape index (κ1) is 20.0. The number of halogens is 1. The van der Waals surface area contributed by atoms with E-state index in [0.717, 1.165) is 12.1 Å². The Labute approximate surface area is 150 Å². The van der Waals surface area contributed by atoms with E-state index in [1.807, 2.05) is 56.3 Å². The fraction of sp³-hybridized carbons (Fsp3) is 0.316.